The van der Waals surface area contributed by atoms with E-state index >= 15 is 0 Å². The molecule has 2 aromatic rings. The van der Waals surface area contributed by atoms with Gasteiger partial charge in [0, 0.05) is 17.9 Å². The van der Waals surface area contributed by atoms with Crippen LogP contribution in [-0.4, -0.2) is 17.0 Å². The smallest absolute Gasteiger partial charge is 0.143 e. The van der Waals surface area contributed by atoms with Crippen LogP contribution >= 0.6 is 34.4 Å². The van der Waals surface area contributed by atoms with E-state index in [9.17, 15) is 4.39 Å². The maximum absolute atomic E-state index is 13.2. The molecule has 0 saturated heterocycles. The standard InChI is InChI=1S/C15H15FIN3S/c1-18-15-13(17)14(9-5-6-9)19-12(20-15)8-21-11-4-2-3-10(16)7-11/h2-4,7,9H,5-6,8H2,1H3,(H,18,19,20). The van der Waals surface area contributed by atoms with E-state index in [1.807, 2.05) is 13.1 Å². The van der Waals surface area contributed by atoms with Gasteiger partial charge in [-0.1, -0.05) is 6.07 Å². The highest BCUT2D eigenvalue weighted by molar-refractivity contribution is 14.1. The molecular formula is C15H15FIN3S. The van der Waals surface area contributed by atoms with Crippen molar-refractivity contribution < 1.29 is 4.39 Å². The zero-order valence-electron chi connectivity index (χ0n) is 11.6. The first kappa shape index (κ1) is 15.0. The molecule has 0 spiro atoms. The van der Waals surface area contributed by atoms with E-state index in [0.717, 1.165) is 25.8 Å². The lowest BCUT2D eigenvalue weighted by atomic mass is 10.2. The Morgan fingerprint density at radius 2 is 2.19 bits per heavy atom. The molecule has 21 heavy (non-hydrogen) atoms. The Labute approximate surface area is 141 Å². The van der Waals surface area contributed by atoms with Gasteiger partial charge in [-0.3, -0.25) is 0 Å². The number of thioether (sulfide) groups is 1. The summed E-state index contributed by atoms with van der Waals surface area (Å²) in [6.45, 7) is 0. The first-order valence-electron chi connectivity index (χ1n) is 6.80. The van der Waals surface area contributed by atoms with E-state index in [-0.39, 0.29) is 5.82 Å². The Kier molecular flexibility index (Phi) is 4.63. The summed E-state index contributed by atoms with van der Waals surface area (Å²) in [5.74, 6) is 2.72. The number of hydrogen-bond donors (Lipinski definition) is 1. The Hall–Kier alpha value is -0.890. The summed E-state index contributed by atoms with van der Waals surface area (Å²) in [5, 5.41) is 3.14. The largest absolute Gasteiger partial charge is 0.372 e. The van der Waals surface area contributed by atoms with Crippen LogP contribution in [0.4, 0.5) is 10.2 Å². The van der Waals surface area contributed by atoms with E-state index in [1.54, 1.807) is 17.8 Å². The van der Waals surface area contributed by atoms with Gasteiger partial charge in [-0.15, -0.1) is 11.8 Å². The summed E-state index contributed by atoms with van der Waals surface area (Å²) in [7, 11) is 1.88. The second kappa shape index (κ2) is 6.48. The third kappa shape index (κ3) is 3.66. The highest BCUT2D eigenvalue weighted by Gasteiger charge is 2.29. The molecule has 3 rings (SSSR count). The summed E-state index contributed by atoms with van der Waals surface area (Å²) in [6.07, 6.45) is 2.43. The number of aromatic nitrogens is 2. The molecule has 0 aliphatic heterocycles. The topological polar surface area (TPSA) is 37.8 Å². The minimum absolute atomic E-state index is 0.210. The van der Waals surface area contributed by atoms with E-state index in [2.05, 4.69) is 32.9 Å². The number of nitrogens with zero attached hydrogens (tertiary/aromatic N) is 2. The zero-order chi connectivity index (χ0) is 14.8. The number of benzene rings is 1. The molecule has 1 aromatic heterocycles. The lowest BCUT2D eigenvalue weighted by Gasteiger charge is -2.10. The number of anilines is 1. The van der Waals surface area contributed by atoms with Gasteiger partial charge in [-0.05, 0) is 53.6 Å². The van der Waals surface area contributed by atoms with Crippen LogP contribution in [0.1, 0.15) is 30.3 Å². The van der Waals surface area contributed by atoms with E-state index in [1.165, 1.54) is 25.0 Å². The van der Waals surface area contributed by atoms with Crippen LogP contribution in [0, 0.1) is 9.39 Å². The van der Waals surface area contributed by atoms with Gasteiger partial charge in [-0.2, -0.15) is 0 Å². The number of nitrogens with one attached hydrogen (secondary N) is 1. The molecular weight excluding hydrogens is 400 g/mol. The molecule has 0 bridgehead atoms. The summed E-state index contributed by atoms with van der Waals surface area (Å²) in [6, 6.07) is 6.62. The normalized spacial score (nSPS) is 14.2. The second-order valence-corrected chi connectivity index (χ2v) is 7.09. The molecule has 0 atom stereocenters. The van der Waals surface area contributed by atoms with Gasteiger partial charge in [0.25, 0.3) is 0 Å². The molecule has 1 aliphatic rings. The molecule has 1 fully saturated rings. The lowest BCUT2D eigenvalue weighted by Crippen LogP contribution is -2.06. The minimum Gasteiger partial charge on any atom is -0.372 e. The zero-order valence-corrected chi connectivity index (χ0v) is 14.5. The summed E-state index contributed by atoms with van der Waals surface area (Å²) >= 11 is 3.87. The fourth-order valence-corrected chi connectivity index (χ4v) is 3.82. The average molecular weight is 415 g/mol. The second-order valence-electron chi connectivity index (χ2n) is 4.96. The Morgan fingerprint density at radius 1 is 1.38 bits per heavy atom. The van der Waals surface area contributed by atoms with Crippen molar-refractivity contribution in [3.8, 4) is 0 Å². The molecule has 1 aliphatic carbocycles. The van der Waals surface area contributed by atoms with Crippen molar-refractivity contribution in [2.24, 2.45) is 0 Å². The van der Waals surface area contributed by atoms with Gasteiger partial charge < -0.3 is 5.32 Å². The SMILES string of the molecule is CNc1nc(CSc2cccc(F)c2)nc(C2CC2)c1I. The first-order valence-corrected chi connectivity index (χ1v) is 8.86. The van der Waals surface area contributed by atoms with Crippen LogP contribution < -0.4 is 5.32 Å². The van der Waals surface area contributed by atoms with Crippen LogP contribution in [0.25, 0.3) is 0 Å². The molecule has 1 heterocycles. The van der Waals surface area contributed by atoms with E-state index < -0.39 is 0 Å². The van der Waals surface area contributed by atoms with Gasteiger partial charge in [0.05, 0.1) is 15.0 Å². The summed E-state index contributed by atoms with van der Waals surface area (Å²) < 4.78 is 14.3. The van der Waals surface area contributed by atoms with Crippen molar-refractivity contribution in [2.45, 2.75) is 29.4 Å². The third-order valence-corrected chi connectivity index (χ3v) is 5.34. The first-order chi connectivity index (χ1) is 10.2. The van der Waals surface area contributed by atoms with Crippen molar-refractivity contribution in [2.75, 3.05) is 12.4 Å². The summed E-state index contributed by atoms with van der Waals surface area (Å²) in [5.41, 5.74) is 1.16. The van der Waals surface area contributed by atoms with E-state index in [4.69, 9.17) is 4.98 Å². The Morgan fingerprint density at radius 3 is 2.86 bits per heavy atom. The minimum atomic E-state index is -0.210. The lowest BCUT2D eigenvalue weighted by molar-refractivity contribution is 0.624. The van der Waals surface area contributed by atoms with Gasteiger partial charge in [-0.25, -0.2) is 14.4 Å². The maximum atomic E-state index is 13.2. The van der Waals surface area contributed by atoms with Gasteiger partial charge >= 0.3 is 0 Å². The summed E-state index contributed by atoms with van der Waals surface area (Å²) in [4.78, 5) is 10.2. The van der Waals surface area contributed by atoms with Crippen molar-refractivity contribution in [1.29, 1.82) is 0 Å². The monoisotopic (exact) mass is 415 g/mol. The molecule has 3 nitrogen and oxygen atoms in total. The van der Waals surface area contributed by atoms with Gasteiger partial charge in [0.2, 0.25) is 0 Å². The molecule has 0 amide bonds. The van der Waals surface area contributed by atoms with Crippen LogP contribution in [0.15, 0.2) is 29.2 Å². The number of rotatable bonds is 5. The Bertz CT molecular complexity index is 661. The quantitative estimate of drug-likeness (QED) is 0.579. The molecule has 110 valence electrons. The predicted molar refractivity (Wildman–Crippen MR) is 92.2 cm³/mol. The van der Waals surface area contributed by atoms with Crippen molar-refractivity contribution >= 4 is 40.2 Å². The highest BCUT2D eigenvalue weighted by Crippen LogP contribution is 2.42. The number of hydrogen-bond acceptors (Lipinski definition) is 4. The third-order valence-electron chi connectivity index (χ3n) is 3.29. The van der Waals surface area contributed by atoms with Gasteiger partial charge in [0.15, 0.2) is 0 Å². The Balaban J connectivity index is 1.80. The molecule has 0 unspecified atom stereocenters. The molecule has 6 heteroatoms. The van der Waals surface area contributed by atoms with Crippen LogP contribution in [0.2, 0.25) is 0 Å². The van der Waals surface area contributed by atoms with Crippen molar-refractivity contribution in [3.63, 3.8) is 0 Å². The van der Waals surface area contributed by atoms with Crippen molar-refractivity contribution in [3.05, 3.63) is 45.2 Å². The maximum Gasteiger partial charge on any atom is 0.143 e. The fraction of sp³-hybridized carbons (Fsp3) is 0.333. The van der Waals surface area contributed by atoms with Crippen LogP contribution in [-0.2, 0) is 5.75 Å². The molecule has 0 radical (unpaired) electrons. The predicted octanol–water partition coefficient (Wildman–Crippen LogP) is 4.43. The fourth-order valence-electron chi connectivity index (χ4n) is 2.07. The van der Waals surface area contributed by atoms with Gasteiger partial charge in [0.1, 0.15) is 17.5 Å². The van der Waals surface area contributed by atoms with Crippen LogP contribution in [0.5, 0.6) is 0 Å². The molecule has 1 aromatic carbocycles. The molecule has 1 N–H and O–H groups in total. The average Bonchev–Trinajstić information content (AvgIpc) is 3.31. The molecule has 1 saturated carbocycles. The van der Waals surface area contributed by atoms with E-state index in [0.29, 0.717) is 11.7 Å². The van der Waals surface area contributed by atoms with Crippen molar-refractivity contribution in [1.82, 2.24) is 9.97 Å². The highest BCUT2D eigenvalue weighted by atomic mass is 127. The van der Waals surface area contributed by atoms with Crippen LogP contribution in [0.3, 0.4) is 0 Å². The number of halogens is 2.